The van der Waals surface area contributed by atoms with Crippen LogP contribution in [-0.4, -0.2) is 91.1 Å². The van der Waals surface area contributed by atoms with Gasteiger partial charge in [-0.2, -0.15) is 0 Å². The summed E-state index contributed by atoms with van der Waals surface area (Å²) in [5.41, 5.74) is 0. The molecule has 2 heterocycles. The largest absolute Gasteiger partial charge is 0.340 e. The molecule has 5 nitrogen and oxygen atoms in total. The zero-order valence-corrected chi connectivity index (χ0v) is 15.2. The van der Waals surface area contributed by atoms with Crippen LogP contribution in [0.1, 0.15) is 40.5 Å². The molecule has 130 valence electrons. The van der Waals surface area contributed by atoms with Gasteiger partial charge < -0.3 is 9.80 Å². The number of hydrogen-bond acceptors (Lipinski definition) is 4. The minimum absolute atomic E-state index is 0.337. The molecule has 5 heteroatoms. The molecule has 2 saturated heterocycles. The first kappa shape index (κ1) is 19.4. The summed E-state index contributed by atoms with van der Waals surface area (Å²) in [6.45, 7) is 19.2. The maximum atomic E-state index is 11.9. The summed E-state index contributed by atoms with van der Waals surface area (Å²) in [5.74, 6) is 0.337. The van der Waals surface area contributed by atoms with E-state index in [1.165, 1.54) is 32.7 Å². The Morgan fingerprint density at radius 1 is 0.773 bits per heavy atom. The summed E-state index contributed by atoms with van der Waals surface area (Å²) in [6.07, 6.45) is 1.67. The van der Waals surface area contributed by atoms with Crippen LogP contribution in [0, 0.1) is 0 Å². The number of likely N-dealkylation sites (N-methyl/N-ethyl adjacent to an activating group) is 1. The van der Waals surface area contributed by atoms with Crippen molar-refractivity contribution in [3.8, 4) is 0 Å². The lowest BCUT2D eigenvalue weighted by Gasteiger charge is -2.40. The second-order valence-electron chi connectivity index (χ2n) is 5.94. The Balaban J connectivity index is 0.00000116. The third kappa shape index (κ3) is 6.23. The van der Waals surface area contributed by atoms with Crippen LogP contribution in [0.5, 0.6) is 0 Å². The molecule has 0 aromatic rings. The van der Waals surface area contributed by atoms with Crippen molar-refractivity contribution in [1.82, 2.24) is 19.6 Å². The molecule has 0 aromatic heterocycles. The second kappa shape index (κ2) is 11.0. The van der Waals surface area contributed by atoms with Crippen molar-refractivity contribution in [3.05, 3.63) is 0 Å². The molecule has 0 unspecified atom stereocenters. The van der Waals surface area contributed by atoms with E-state index in [1.807, 2.05) is 18.7 Å². The molecule has 0 N–H and O–H groups in total. The molecule has 0 spiro atoms. The molecule has 2 rings (SSSR count). The zero-order chi connectivity index (χ0) is 16.4. The van der Waals surface area contributed by atoms with Crippen molar-refractivity contribution >= 4 is 5.91 Å². The van der Waals surface area contributed by atoms with Gasteiger partial charge in [0, 0.05) is 58.8 Å². The van der Waals surface area contributed by atoms with Crippen molar-refractivity contribution in [2.75, 3.05) is 65.6 Å². The van der Waals surface area contributed by atoms with Gasteiger partial charge in [0.05, 0.1) is 6.67 Å². The van der Waals surface area contributed by atoms with Crippen molar-refractivity contribution in [1.29, 1.82) is 0 Å². The fourth-order valence-corrected chi connectivity index (χ4v) is 3.04. The topological polar surface area (TPSA) is 30.0 Å². The molecule has 0 aromatic carbocycles. The van der Waals surface area contributed by atoms with E-state index >= 15 is 0 Å². The Kier molecular flexibility index (Phi) is 9.68. The first-order valence-corrected chi connectivity index (χ1v) is 9.17. The predicted molar refractivity (Wildman–Crippen MR) is 93.0 cm³/mol. The van der Waals surface area contributed by atoms with Crippen molar-refractivity contribution < 1.29 is 4.79 Å². The molecule has 2 aliphatic heterocycles. The van der Waals surface area contributed by atoms with E-state index in [0.717, 1.165) is 39.3 Å². The van der Waals surface area contributed by atoms with Gasteiger partial charge in [-0.1, -0.05) is 27.7 Å². The van der Waals surface area contributed by atoms with Gasteiger partial charge in [-0.05, 0) is 13.0 Å². The molecule has 22 heavy (non-hydrogen) atoms. The minimum atomic E-state index is 0.337. The van der Waals surface area contributed by atoms with Crippen LogP contribution in [0.4, 0.5) is 0 Å². The fourth-order valence-electron chi connectivity index (χ4n) is 3.04. The highest BCUT2D eigenvalue weighted by molar-refractivity contribution is 5.76. The van der Waals surface area contributed by atoms with E-state index in [-0.39, 0.29) is 0 Å². The molecular formula is C17H36N4O. The Hall–Kier alpha value is -0.650. The lowest BCUT2D eigenvalue weighted by molar-refractivity contribution is -0.133. The van der Waals surface area contributed by atoms with E-state index in [1.54, 1.807) is 0 Å². The fraction of sp³-hybridized carbons (Fsp3) is 0.941. The summed E-state index contributed by atoms with van der Waals surface area (Å²) in [5, 5.41) is 0. The molecule has 0 bridgehead atoms. The Bertz CT molecular complexity index is 295. The van der Waals surface area contributed by atoms with Crippen LogP contribution >= 0.6 is 0 Å². The van der Waals surface area contributed by atoms with E-state index in [0.29, 0.717) is 12.3 Å². The van der Waals surface area contributed by atoms with Crippen LogP contribution < -0.4 is 0 Å². The lowest BCUT2D eigenvalue weighted by Crippen LogP contribution is -2.54. The van der Waals surface area contributed by atoms with Crippen LogP contribution in [0.15, 0.2) is 0 Å². The van der Waals surface area contributed by atoms with E-state index in [9.17, 15) is 4.79 Å². The SMILES string of the molecule is CC.CCCC(=O)N1CCN(CN2CCN(CC)CC2)CC1. The smallest absolute Gasteiger partial charge is 0.222 e. The van der Waals surface area contributed by atoms with Gasteiger partial charge in [0.15, 0.2) is 0 Å². The average Bonchev–Trinajstić information content (AvgIpc) is 2.58. The van der Waals surface area contributed by atoms with Gasteiger partial charge >= 0.3 is 0 Å². The van der Waals surface area contributed by atoms with Crippen LogP contribution in [-0.2, 0) is 4.79 Å². The minimum Gasteiger partial charge on any atom is -0.340 e. The number of hydrogen-bond donors (Lipinski definition) is 0. The van der Waals surface area contributed by atoms with Crippen LogP contribution in [0.2, 0.25) is 0 Å². The van der Waals surface area contributed by atoms with Crippen molar-refractivity contribution in [3.63, 3.8) is 0 Å². The van der Waals surface area contributed by atoms with Gasteiger partial charge in [-0.25, -0.2) is 0 Å². The highest BCUT2D eigenvalue weighted by Gasteiger charge is 2.23. The quantitative estimate of drug-likeness (QED) is 0.770. The van der Waals surface area contributed by atoms with E-state index < -0.39 is 0 Å². The highest BCUT2D eigenvalue weighted by atomic mass is 16.2. The number of carbonyl (C=O) groups excluding carboxylic acids is 1. The van der Waals surface area contributed by atoms with Crippen LogP contribution in [0.25, 0.3) is 0 Å². The maximum Gasteiger partial charge on any atom is 0.222 e. The normalized spacial score (nSPS) is 21.4. The molecule has 1 amide bonds. The molecule has 0 radical (unpaired) electrons. The molecule has 0 aliphatic carbocycles. The van der Waals surface area contributed by atoms with Crippen molar-refractivity contribution in [2.24, 2.45) is 0 Å². The second-order valence-corrected chi connectivity index (χ2v) is 5.94. The van der Waals surface area contributed by atoms with Gasteiger partial charge in [0.2, 0.25) is 5.91 Å². The molecular weight excluding hydrogens is 276 g/mol. The van der Waals surface area contributed by atoms with E-state index in [2.05, 4.69) is 28.5 Å². The molecule has 2 fully saturated rings. The number of nitrogens with zero attached hydrogens (tertiary/aromatic N) is 4. The lowest BCUT2D eigenvalue weighted by atomic mass is 10.2. The average molecular weight is 313 g/mol. The highest BCUT2D eigenvalue weighted by Crippen LogP contribution is 2.08. The number of carbonyl (C=O) groups is 1. The first-order valence-electron chi connectivity index (χ1n) is 9.17. The van der Waals surface area contributed by atoms with Gasteiger partial charge in [-0.15, -0.1) is 0 Å². The summed E-state index contributed by atoms with van der Waals surface area (Å²) >= 11 is 0. The van der Waals surface area contributed by atoms with Crippen LogP contribution in [0.3, 0.4) is 0 Å². The first-order chi connectivity index (χ1) is 10.7. The Morgan fingerprint density at radius 2 is 1.23 bits per heavy atom. The van der Waals surface area contributed by atoms with Crippen molar-refractivity contribution in [2.45, 2.75) is 40.5 Å². The summed E-state index contributed by atoms with van der Waals surface area (Å²) in [7, 11) is 0. The summed E-state index contributed by atoms with van der Waals surface area (Å²) < 4.78 is 0. The zero-order valence-electron chi connectivity index (χ0n) is 15.2. The monoisotopic (exact) mass is 312 g/mol. The third-order valence-corrected chi connectivity index (χ3v) is 4.50. The number of amides is 1. The molecule has 0 saturated carbocycles. The van der Waals surface area contributed by atoms with Gasteiger partial charge in [-0.3, -0.25) is 14.6 Å². The maximum absolute atomic E-state index is 11.9. The Morgan fingerprint density at radius 3 is 1.68 bits per heavy atom. The Labute approximate surface area is 137 Å². The standard InChI is InChI=1S/C15H30N4O.C2H6/c1-3-5-15(20)19-12-10-18(11-13-19)14-17-8-6-16(4-2)7-9-17;1-2/h3-14H2,1-2H3;1-2H3. The number of piperazine rings is 2. The molecule has 0 atom stereocenters. The molecule has 2 aliphatic rings. The van der Waals surface area contributed by atoms with Gasteiger partial charge in [0.1, 0.15) is 0 Å². The summed E-state index contributed by atoms with van der Waals surface area (Å²) in [4.78, 5) is 21.5. The predicted octanol–water partition coefficient (Wildman–Crippen LogP) is 1.55. The number of rotatable bonds is 5. The van der Waals surface area contributed by atoms with Gasteiger partial charge in [0.25, 0.3) is 0 Å². The third-order valence-electron chi connectivity index (χ3n) is 4.50. The van der Waals surface area contributed by atoms with E-state index in [4.69, 9.17) is 0 Å². The summed E-state index contributed by atoms with van der Waals surface area (Å²) in [6, 6.07) is 0.